The summed E-state index contributed by atoms with van der Waals surface area (Å²) in [7, 11) is -2.22. The summed E-state index contributed by atoms with van der Waals surface area (Å²) in [6.45, 7) is 2.98. The summed E-state index contributed by atoms with van der Waals surface area (Å²) in [4.78, 5) is 0. The number of rotatable bonds is 2. The number of hydrogen-bond acceptors (Lipinski definition) is 3. The molecule has 6 heteroatoms. The maximum atomic E-state index is 9.28. The molecule has 0 fully saturated rings. The van der Waals surface area contributed by atoms with Crippen molar-refractivity contribution in [2.24, 2.45) is 0 Å². The zero-order chi connectivity index (χ0) is 4.99. The molecule has 0 N–H and O–H groups in total. The van der Waals surface area contributed by atoms with E-state index in [1.54, 1.807) is 0 Å². The number of hydrogen-bond donors (Lipinski definition) is 0. The van der Waals surface area contributed by atoms with Gasteiger partial charge in [0.1, 0.15) is 7.32 Å². The quantitative estimate of drug-likeness (QED) is 0.301. The third-order valence-electron chi connectivity index (χ3n) is 0.207. The van der Waals surface area contributed by atoms with E-state index in [9.17, 15) is 10.0 Å². The maximum absolute atomic E-state index is 9.28. The van der Waals surface area contributed by atoms with Crippen molar-refractivity contribution < 1.29 is 117 Å². The second kappa shape index (κ2) is 12.5. The van der Waals surface area contributed by atoms with E-state index in [4.69, 9.17) is 0 Å². The minimum atomic E-state index is -2.22. The van der Waals surface area contributed by atoms with Crippen molar-refractivity contribution in [1.82, 2.24) is 0 Å². The molecule has 0 aromatic rings. The first-order valence-corrected chi connectivity index (χ1v) is 1.35. The second-order valence-corrected chi connectivity index (χ2v) is 0.591. The average molecular weight is 164 g/mol. The Labute approximate surface area is 134 Å². The Hall–Kier alpha value is 2.80. The van der Waals surface area contributed by atoms with Crippen molar-refractivity contribution in [2.75, 3.05) is 0 Å². The predicted octanol–water partition coefficient (Wildman–Crippen LogP) is -8.14. The van der Waals surface area contributed by atoms with E-state index in [2.05, 4.69) is 11.2 Å². The molecule has 0 rings (SSSR count). The molecule has 0 saturated heterocycles. The summed E-state index contributed by atoms with van der Waals surface area (Å²) in [5, 5.41) is 18.6. The van der Waals surface area contributed by atoms with Gasteiger partial charge >= 0.3 is 103 Å². The van der Waals surface area contributed by atoms with Crippen LogP contribution in [0.25, 0.3) is 0 Å². The van der Waals surface area contributed by atoms with E-state index in [0.29, 0.717) is 0 Å². The molecule has 0 aliphatic heterocycles. The first-order valence-electron chi connectivity index (χ1n) is 1.35. The van der Waals surface area contributed by atoms with E-state index < -0.39 is 7.32 Å². The molecular formula is C2H3BK2O3. The average Bonchev–Trinajstić information content (AvgIpc) is 1.35. The van der Waals surface area contributed by atoms with Gasteiger partial charge in [-0.2, -0.15) is 0 Å². The van der Waals surface area contributed by atoms with Gasteiger partial charge in [-0.25, -0.2) is 0 Å². The van der Waals surface area contributed by atoms with Gasteiger partial charge < -0.3 is 14.7 Å². The van der Waals surface area contributed by atoms with E-state index in [-0.39, 0.29) is 103 Å². The first-order chi connectivity index (χ1) is 2.77. The molecule has 0 unspecified atom stereocenters. The van der Waals surface area contributed by atoms with Crippen LogP contribution in [0.2, 0.25) is 0 Å². The Kier molecular flexibility index (Phi) is 26.6. The molecular weight excluding hydrogens is 161 g/mol. The third kappa shape index (κ3) is 15.9. The molecule has 34 valence electrons. The predicted molar refractivity (Wildman–Crippen MR) is 17.0 cm³/mol. The topological polar surface area (TPSA) is 55.3 Å². The van der Waals surface area contributed by atoms with E-state index >= 15 is 0 Å². The molecule has 0 bridgehead atoms. The molecule has 0 aromatic carbocycles. The van der Waals surface area contributed by atoms with Gasteiger partial charge in [0.2, 0.25) is 0 Å². The minimum absolute atomic E-state index is 0. The molecule has 0 aliphatic rings. The molecule has 0 amide bonds. The normalized spacial score (nSPS) is 5.25. The summed E-state index contributed by atoms with van der Waals surface area (Å²) in [5.74, 6) is 0. The van der Waals surface area contributed by atoms with Gasteiger partial charge in [-0.1, -0.05) is 6.58 Å². The summed E-state index contributed by atoms with van der Waals surface area (Å²) in [6, 6.07) is 0. The van der Waals surface area contributed by atoms with Crippen LogP contribution in [0.4, 0.5) is 0 Å². The monoisotopic (exact) mass is 164 g/mol. The van der Waals surface area contributed by atoms with Crippen LogP contribution in [0, 0.1) is 0 Å². The van der Waals surface area contributed by atoms with Crippen LogP contribution in [-0.2, 0) is 4.65 Å². The molecule has 0 aromatic heterocycles. The smallest absolute Gasteiger partial charge is 0.860 e. The van der Waals surface area contributed by atoms with Gasteiger partial charge in [-0.3, -0.25) is 0 Å². The minimum Gasteiger partial charge on any atom is -0.860 e. The summed E-state index contributed by atoms with van der Waals surface area (Å²) in [5.41, 5.74) is 0. The zero-order valence-corrected chi connectivity index (χ0v) is 11.3. The van der Waals surface area contributed by atoms with Crippen molar-refractivity contribution in [3.63, 3.8) is 0 Å². The molecule has 0 aliphatic carbocycles. The summed E-state index contributed by atoms with van der Waals surface area (Å²) >= 11 is 0. The fourth-order valence-electron chi connectivity index (χ4n) is 0.0786. The Balaban J connectivity index is -0.000000125. The molecule has 3 nitrogen and oxygen atoms in total. The summed E-state index contributed by atoms with van der Waals surface area (Å²) in [6.07, 6.45) is 0.824. The SMILES string of the molecule is C=COB([O-])[O-].[K+].[K+]. The van der Waals surface area contributed by atoms with Crippen LogP contribution < -0.4 is 113 Å². The van der Waals surface area contributed by atoms with Crippen LogP contribution in [0.15, 0.2) is 12.8 Å². The molecule has 0 heterocycles. The Morgan fingerprint density at radius 3 is 1.75 bits per heavy atom. The van der Waals surface area contributed by atoms with Crippen LogP contribution in [0.5, 0.6) is 0 Å². The largest absolute Gasteiger partial charge is 1.00 e. The van der Waals surface area contributed by atoms with Crippen LogP contribution in [0.1, 0.15) is 0 Å². The Morgan fingerprint density at radius 1 is 1.38 bits per heavy atom. The van der Waals surface area contributed by atoms with Gasteiger partial charge in [0.15, 0.2) is 0 Å². The van der Waals surface area contributed by atoms with Gasteiger partial charge in [-0.15, -0.1) is 0 Å². The van der Waals surface area contributed by atoms with Crippen LogP contribution in [-0.4, -0.2) is 7.32 Å². The maximum Gasteiger partial charge on any atom is 1.00 e. The van der Waals surface area contributed by atoms with Gasteiger partial charge in [0.05, 0.1) is 0 Å². The third-order valence-corrected chi connectivity index (χ3v) is 0.207. The van der Waals surface area contributed by atoms with Gasteiger partial charge in [0, 0.05) is 6.26 Å². The van der Waals surface area contributed by atoms with Gasteiger partial charge in [0.25, 0.3) is 0 Å². The molecule has 0 atom stereocenters. The molecule has 0 saturated carbocycles. The Bertz CT molecular complexity index is 50.5. The molecule has 0 radical (unpaired) electrons. The van der Waals surface area contributed by atoms with E-state index in [1.807, 2.05) is 0 Å². The fraction of sp³-hybridized carbons (Fsp3) is 0. The summed E-state index contributed by atoms with van der Waals surface area (Å²) < 4.78 is 3.69. The van der Waals surface area contributed by atoms with Crippen LogP contribution >= 0.6 is 0 Å². The van der Waals surface area contributed by atoms with Gasteiger partial charge in [-0.05, 0) is 0 Å². The van der Waals surface area contributed by atoms with E-state index in [1.165, 1.54) is 0 Å². The van der Waals surface area contributed by atoms with E-state index in [0.717, 1.165) is 6.26 Å². The Morgan fingerprint density at radius 2 is 1.75 bits per heavy atom. The molecule has 8 heavy (non-hydrogen) atoms. The fourth-order valence-corrected chi connectivity index (χ4v) is 0.0786. The van der Waals surface area contributed by atoms with Crippen molar-refractivity contribution in [1.29, 1.82) is 0 Å². The van der Waals surface area contributed by atoms with Crippen molar-refractivity contribution in [2.45, 2.75) is 0 Å². The van der Waals surface area contributed by atoms with Crippen molar-refractivity contribution in [3.8, 4) is 0 Å². The van der Waals surface area contributed by atoms with Crippen molar-refractivity contribution >= 4 is 7.32 Å². The first kappa shape index (κ1) is 17.0. The molecule has 0 spiro atoms. The zero-order valence-electron chi connectivity index (χ0n) is 5.09. The van der Waals surface area contributed by atoms with Crippen LogP contribution in [0.3, 0.4) is 0 Å². The standard InChI is InChI=1S/C2H3BO3.2K/c1-2-6-3(4)5;;/h2H,1H2;;/q-2;2*+1. The van der Waals surface area contributed by atoms with Crippen molar-refractivity contribution in [3.05, 3.63) is 12.8 Å². The second-order valence-electron chi connectivity index (χ2n) is 0.591.